The maximum atomic E-state index is 12.0. The van der Waals surface area contributed by atoms with E-state index in [1.54, 1.807) is 0 Å². The summed E-state index contributed by atoms with van der Waals surface area (Å²) in [4.78, 5) is 14.3. The number of rotatable bonds is 5. The zero-order chi connectivity index (χ0) is 15.2. The summed E-state index contributed by atoms with van der Waals surface area (Å²) in [5.41, 5.74) is 7.87. The molecule has 1 aliphatic rings. The molecule has 5 heteroatoms. The van der Waals surface area contributed by atoms with E-state index in [0.29, 0.717) is 0 Å². The SMILES string of the molecule is CCC(C)C(N)C(=O)Nc1ccc(N2CCOCC2)cc1. The van der Waals surface area contributed by atoms with Crippen LogP contribution in [0.5, 0.6) is 0 Å². The molecule has 2 atom stereocenters. The number of amides is 1. The zero-order valence-corrected chi connectivity index (χ0v) is 12.8. The van der Waals surface area contributed by atoms with Crippen LogP contribution in [0.2, 0.25) is 0 Å². The van der Waals surface area contributed by atoms with Crippen LogP contribution in [0, 0.1) is 5.92 Å². The van der Waals surface area contributed by atoms with Crippen molar-refractivity contribution in [1.29, 1.82) is 0 Å². The highest BCUT2D eigenvalue weighted by atomic mass is 16.5. The molecule has 2 rings (SSSR count). The molecule has 1 saturated heterocycles. The fourth-order valence-corrected chi connectivity index (χ4v) is 2.32. The van der Waals surface area contributed by atoms with Gasteiger partial charge < -0.3 is 20.7 Å². The van der Waals surface area contributed by atoms with Crippen LogP contribution in [0.1, 0.15) is 20.3 Å². The molecule has 5 nitrogen and oxygen atoms in total. The number of nitrogens with zero attached hydrogens (tertiary/aromatic N) is 1. The molecule has 0 aliphatic carbocycles. The lowest BCUT2D eigenvalue weighted by atomic mass is 9.99. The van der Waals surface area contributed by atoms with Gasteiger partial charge in [0.15, 0.2) is 0 Å². The van der Waals surface area contributed by atoms with Gasteiger partial charge in [-0.1, -0.05) is 20.3 Å². The second kappa shape index (κ2) is 7.43. The van der Waals surface area contributed by atoms with E-state index in [9.17, 15) is 4.79 Å². The minimum absolute atomic E-state index is 0.122. The van der Waals surface area contributed by atoms with Gasteiger partial charge in [-0.3, -0.25) is 4.79 Å². The molecule has 2 unspecified atom stereocenters. The summed E-state index contributed by atoms with van der Waals surface area (Å²) < 4.78 is 5.34. The van der Waals surface area contributed by atoms with E-state index in [0.717, 1.165) is 44.1 Å². The third kappa shape index (κ3) is 4.19. The highest BCUT2D eigenvalue weighted by Gasteiger charge is 2.19. The number of carbonyl (C=O) groups is 1. The Morgan fingerprint density at radius 2 is 1.95 bits per heavy atom. The van der Waals surface area contributed by atoms with Gasteiger partial charge in [-0.2, -0.15) is 0 Å². The average molecular weight is 291 g/mol. The summed E-state index contributed by atoms with van der Waals surface area (Å²) in [5.74, 6) is 0.0566. The first-order chi connectivity index (χ1) is 10.1. The molecule has 0 aromatic heterocycles. The van der Waals surface area contributed by atoms with Crippen molar-refractivity contribution < 1.29 is 9.53 Å². The highest BCUT2D eigenvalue weighted by Crippen LogP contribution is 2.19. The second-order valence-electron chi connectivity index (χ2n) is 5.55. The van der Waals surface area contributed by atoms with Crippen LogP contribution in [-0.4, -0.2) is 38.3 Å². The number of morpholine rings is 1. The van der Waals surface area contributed by atoms with E-state index in [4.69, 9.17) is 10.5 Å². The van der Waals surface area contributed by atoms with Crippen LogP contribution in [0.15, 0.2) is 24.3 Å². The fraction of sp³-hybridized carbons (Fsp3) is 0.562. The molecule has 0 bridgehead atoms. The van der Waals surface area contributed by atoms with Crippen molar-refractivity contribution in [2.24, 2.45) is 11.7 Å². The number of hydrogen-bond acceptors (Lipinski definition) is 4. The number of nitrogens with two attached hydrogens (primary N) is 1. The Bertz CT molecular complexity index is 455. The Morgan fingerprint density at radius 3 is 2.52 bits per heavy atom. The van der Waals surface area contributed by atoms with E-state index in [-0.39, 0.29) is 11.8 Å². The van der Waals surface area contributed by atoms with Gasteiger partial charge in [0.05, 0.1) is 19.3 Å². The standard InChI is InChI=1S/C16H25N3O2/c1-3-12(2)15(17)16(20)18-13-4-6-14(7-5-13)19-8-10-21-11-9-19/h4-7,12,15H,3,8-11,17H2,1-2H3,(H,18,20). The van der Waals surface area contributed by atoms with Crippen LogP contribution in [0.3, 0.4) is 0 Å². The van der Waals surface area contributed by atoms with Gasteiger partial charge in [-0.25, -0.2) is 0 Å². The molecule has 0 radical (unpaired) electrons. The summed E-state index contributed by atoms with van der Waals surface area (Å²) in [5, 5.41) is 2.88. The summed E-state index contributed by atoms with van der Waals surface area (Å²) in [6, 6.07) is 7.43. The number of benzene rings is 1. The van der Waals surface area contributed by atoms with Gasteiger partial charge in [-0.15, -0.1) is 0 Å². The van der Waals surface area contributed by atoms with Gasteiger partial charge in [0.1, 0.15) is 0 Å². The van der Waals surface area contributed by atoms with Crippen LogP contribution in [0.25, 0.3) is 0 Å². The molecular weight excluding hydrogens is 266 g/mol. The van der Waals surface area contributed by atoms with Gasteiger partial charge in [0.25, 0.3) is 0 Å². The molecule has 3 N–H and O–H groups in total. The molecule has 1 fully saturated rings. The average Bonchev–Trinajstić information content (AvgIpc) is 2.54. The quantitative estimate of drug-likeness (QED) is 0.868. The molecule has 1 aromatic rings. The predicted molar refractivity (Wildman–Crippen MR) is 85.5 cm³/mol. The number of ether oxygens (including phenoxy) is 1. The Kier molecular flexibility index (Phi) is 5.59. The van der Waals surface area contributed by atoms with Crippen molar-refractivity contribution >= 4 is 17.3 Å². The second-order valence-corrected chi connectivity index (χ2v) is 5.55. The molecule has 21 heavy (non-hydrogen) atoms. The van der Waals surface area contributed by atoms with Crippen LogP contribution >= 0.6 is 0 Å². The monoisotopic (exact) mass is 291 g/mol. The minimum atomic E-state index is -0.464. The molecule has 1 aliphatic heterocycles. The summed E-state index contributed by atoms with van der Waals surface area (Å²) >= 11 is 0. The maximum absolute atomic E-state index is 12.0. The van der Waals surface area contributed by atoms with Crippen molar-refractivity contribution in [3.63, 3.8) is 0 Å². The van der Waals surface area contributed by atoms with Crippen molar-refractivity contribution in [2.45, 2.75) is 26.3 Å². The third-order valence-corrected chi connectivity index (χ3v) is 4.07. The van der Waals surface area contributed by atoms with Crippen molar-refractivity contribution in [1.82, 2.24) is 0 Å². The first-order valence-corrected chi connectivity index (χ1v) is 7.61. The lowest BCUT2D eigenvalue weighted by molar-refractivity contribution is -0.118. The molecule has 116 valence electrons. The predicted octanol–water partition coefficient (Wildman–Crippen LogP) is 1.84. The van der Waals surface area contributed by atoms with Gasteiger partial charge in [-0.05, 0) is 30.2 Å². The molecule has 1 heterocycles. The Hall–Kier alpha value is -1.59. The Labute approximate surface area is 126 Å². The molecule has 1 amide bonds. The van der Waals surface area contributed by atoms with E-state index in [1.165, 1.54) is 0 Å². The lowest BCUT2D eigenvalue weighted by Gasteiger charge is -2.29. The number of nitrogens with one attached hydrogen (secondary N) is 1. The first-order valence-electron chi connectivity index (χ1n) is 7.61. The van der Waals surface area contributed by atoms with E-state index in [2.05, 4.69) is 10.2 Å². The largest absolute Gasteiger partial charge is 0.378 e. The maximum Gasteiger partial charge on any atom is 0.241 e. The molecule has 0 spiro atoms. The smallest absolute Gasteiger partial charge is 0.241 e. The molecule has 0 saturated carbocycles. The normalized spacial score (nSPS) is 18.1. The van der Waals surface area contributed by atoms with Crippen LogP contribution in [-0.2, 0) is 9.53 Å². The van der Waals surface area contributed by atoms with Gasteiger partial charge in [0, 0.05) is 24.5 Å². The van der Waals surface area contributed by atoms with Gasteiger partial charge >= 0.3 is 0 Å². The third-order valence-electron chi connectivity index (χ3n) is 4.07. The van der Waals surface area contributed by atoms with E-state index < -0.39 is 6.04 Å². The topological polar surface area (TPSA) is 67.6 Å². The van der Waals surface area contributed by atoms with Crippen LogP contribution < -0.4 is 16.0 Å². The minimum Gasteiger partial charge on any atom is -0.378 e. The lowest BCUT2D eigenvalue weighted by Crippen LogP contribution is -2.40. The number of carbonyl (C=O) groups excluding carboxylic acids is 1. The first kappa shape index (κ1) is 15.8. The summed E-state index contributed by atoms with van der Waals surface area (Å²) in [6.45, 7) is 7.38. The van der Waals surface area contributed by atoms with Gasteiger partial charge in [0.2, 0.25) is 5.91 Å². The highest BCUT2D eigenvalue weighted by molar-refractivity contribution is 5.95. The van der Waals surface area contributed by atoms with E-state index in [1.807, 2.05) is 38.1 Å². The molecule has 1 aromatic carbocycles. The fourth-order valence-electron chi connectivity index (χ4n) is 2.32. The Balaban J connectivity index is 1.94. The van der Waals surface area contributed by atoms with Crippen molar-refractivity contribution in [3.05, 3.63) is 24.3 Å². The number of anilines is 2. The zero-order valence-electron chi connectivity index (χ0n) is 12.8. The number of hydrogen-bond donors (Lipinski definition) is 2. The van der Waals surface area contributed by atoms with Crippen LogP contribution in [0.4, 0.5) is 11.4 Å². The summed E-state index contributed by atoms with van der Waals surface area (Å²) in [7, 11) is 0. The van der Waals surface area contributed by atoms with E-state index >= 15 is 0 Å². The van der Waals surface area contributed by atoms with Crippen molar-refractivity contribution in [3.8, 4) is 0 Å². The van der Waals surface area contributed by atoms with Crippen molar-refractivity contribution in [2.75, 3.05) is 36.5 Å². The summed E-state index contributed by atoms with van der Waals surface area (Å²) in [6.07, 6.45) is 0.893. The molecular formula is C16H25N3O2. The Morgan fingerprint density at radius 1 is 1.33 bits per heavy atom.